The third kappa shape index (κ3) is 5.91. The molecule has 21 heavy (non-hydrogen) atoms. The van der Waals surface area contributed by atoms with Gasteiger partial charge in [-0.05, 0) is 40.0 Å². The third-order valence-corrected chi connectivity index (χ3v) is 3.67. The average Bonchev–Trinajstić information content (AvgIpc) is 3.08. The molecule has 0 aromatic rings. The lowest BCUT2D eigenvalue weighted by Gasteiger charge is -2.19. The summed E-state index contributed by atoms with van der Waals surface area (Å²) in [6.45, 7) is 7.79. The van der Waals surface area contributed by atoms with Crippen molar-refractivity contribution in [3.63, 3.8) is 0 Å². The van der Waals surface area contributed by atoms with Crippen molar-refractivity contribution < 1.29 is 14.3 Å². The van der Waals surface area contributed by atoms with Crippen LogP contribution in [0.2, 0.25) is 0 Å². The van der Waals surface area contributed by atoms with Crippen LogP contribution >= 0.6 is 0 Å². The van der Waals surface area contributed by atoms with Crippen molar-refractivity contribution in [1.29, 1.82) is 0 Å². The molecular formula is C15H27N3O3. The van der Waals surface area contributed by atoms with Gasteiger partial charge in [0.1, 0.15) is 5.60 Å². The Hall–Kier alpha value is -1.30. The number of carbonyl (C=O) groups is 2. The maximum atomic E-state index is 11.8. The molecule has 1 aliphatic heterocycles. The summed E-state index contributed by atoms with van der Waals surface area (Å²) >= 11 is 0. The molecule has 0 aromatic heterocycles. The van der Waals surface area contributed by atoms with E-state index in [0.29, 0.717) is 13.0 Å². The van der Waals surface area contributed by atoms with Crippen LogP contribution in [0.25, 0.3) is 0 Å². The molecule has 1 heterocycles. The predicted molar refractivity (Wildman–Crippen MR) is 80.0 cm³/mol. The highest BCUT2D eigenvalue weighted by molar-refractivity contribution is 5.77. The van der Waals surface area contributed by atoms with Crippen LogP contribution in [-0.2, 0) is 9.53 Å². The highest BCUT2D eigenvalue weighted by atomic mass is 16.6. The fourth-order valence-electron chi connectivity index (χ4n) is 2.57. The maximum Gasteiger partial charge on any atom is 0.407 e. The number of ether oxygens (including phenoxy) is 1. The topological polar surface area (TPSA) is 70.7 Å². The second-order valence-electron chi connectivity index (χ2n) is 6.96. The Morgan fingerprint density at radius 1 is 1.24 bits per heavy atom. The Labute approximate surface area is 126 Å². The predicted octanol–water partition coefficient (Wildman–Crippen LogP) is 1.25. The Kier molecular flexibility index (Phi) is 5.08. The van der Waals surface area contributed by atoms with Crippen molar-refractivity contribution in [3.05, 3.63) is 0 Å². The highest BCUT2D eigenvalue weighted by Crippen LogP contribution is 2.29. The molecule has 2 aliphatic rings. The zero-order valence-electron chi connectivity index (χ0n) is 13.3. The van der Waals surface area contributed by atoms with Gasteiger partial charge in [0.05, 0.1) is 0 Å². The van der Waals surface area contributed by atoms with Crippen molar-refractivity contribution in [1.82, 2.24) is 15.5 Å². The van der Waals surface area contributed by atoms with Crippen LogP contribution in [-0.4, -0.2) is 54.2 Å². The summed E-state index contributed by atoms with van der Waals surface area (Å²) in [5, 5.41) is 5.64. The molecule has 2 amide bonds. The van der Waals surface area contributed by atoms with E-state index in [4.69, 9.17) is 4.74 Å². The van der Waals surface area contributed by atoms with Crippen molar-refractivity contribution in [2.24, 2.45) is 0 Å². The van der Waals surface area contributed by atoms with Gasteiger partial charge in [-0.25, -0.2) is 4.79 Å². The Bertz CT molecular complexity index is 388. The molecule has 0 radical (unpaired) electrons. The summed E-state index contributed by atoms with van der Waals surface area (Å²) < 4.78 is 5.11. The SMILES string of the molecule is CC(C)(C)OC(=O)NCCC(=O)NC1CCN(C2CC2)C1. The van der Waals surface area contributed by atoms with E-state index < -0.39 is 11.7 Å². The summed E-state index contributed by atoms with van der Waals surface area (Å²) in [5.74, 6) is -0.00583. The Morgan fingerprint density at radius 2 is 1.95 bits per heavy atom. The number of carbonyl (C=O) groups excluding carboxylic acids is 2. The minimum atomic E-state index is -0.511. The zero-order valence-corrected chi connectivity index (χ0v) is 13.3. The Balaban J connectivity index is 1.56. The second kappa shape index (κ2) is 6.64. The zero-order chi connectivity index (χ0) is 15.5. The van der Waals surface area contributed by atoms with Gasteiger partial charge in [0.2, 0.25) is 5.91 Å². The molecule has 2 fully saturated rings. The molecule has 2 N–H and O–H groups in total. The lowest BCUT2D eigenvalue weighted by atomic mass is 10.2. The summed E-state index contributed by atoms with van der Waals surface area (Å²) in [4.78, 5) is 25.7. The van der Waals surface area contributed by atoms with Gasteiger partial charge in [0, 0.05) is 38.1 Å². The standard InChI is InChI=1S/C15H27N3O3/c1-15(2,3)21-14(20)16-8-6-13(19)17-11-7-9-18(10-11)12-4-5-12/h11-12H,4-10H2,1-3H3,(H,16,20)(H,17,19). The largest absolute Gasteiger partial charge is 0.444 e. The highest BCUT2D eigenvalue weighted by Gasteiger charge is 2.34. The average molecular weight is 297 g/mol. The Morgan fingerprint density at radius 3 is 2.57 bits per heavy atom. The van der Waals surface area contributed by atoms with E-state index in [1.165, 1.54) is 12.8 Å². The van der Waals surface area contributed by atoms with Crippen LogP contribution < -0.4 is 10.6 Å². The van der Waals surface area contributed by atoms with Crippen LogP contribution in [0.3, 0.4) is 0 Å². The minimum Gasteiger partial charge on any atom is -0.444 e. The summed E-state index contributed by atoms with van der Waals surface area (Å²) in [6.07, 6.45) is 3.46. The lowest BCUT2D eigenvalue weighted by molar-refractivity contribution is -0.121. The summed E-state index contributed by atoms with van der Waals surface area (Å²) in [6, 6.07) is 1.03. The molecule has 120 valence electrons. The molecule has 0 aromatic carbocycles. The van der Waals surface area contributed by atoms with E-state index >= 15 is 0 Å². The quantitative estimate of drug-likeness (QED) is 0.801. The molecule has 0 spiro atoms. The first-order valence-corrected chi connectivity index (χ1v) is 7.84. The molecule has 1 aliphatic carbocycles. The third-order valence-electron chi connectivity index (χ3n) is 3.67. The van der Waals surface area contributed by atoms with E-state index in [1.807, 2.05) is 20.8 Å². The van der Waals surface area contributed by atoms with E-state index in [9.17, 15) is 9.59 Å². The van der Waals surface area contributed by atoms with Crippen LogP contribution in [0.1, 0.15) is 46.5 Å². The minimum absolute atomic E-state index is 0.00583. The molecule has 1 saturated heterocycles. The van der Waals surface area contributed by atoms with Gasteiger partial charge in [-0.2, -0.15) is 0 Å². The normalized spacial score (nSPS) is 22.9. The second-order valence-corrected chi connectivity index (χ2v) is 6.96. The van der Waals surface area contributed by atoms with Crippen LogP contribution in [0, 0.1) is 0 Å². The van der Waals surface area contributed by atoms with Crippen LogP contribution in [0.15, 0.2) is 0 Å². The molecule has 6 nitrogen and oxygen atoms in total. The molecular weight excluding hydrogens is 270 g/mol. The fraction of sp³-hybridized carbons (Fsp3) is 0.867. The van der Waals surface area contributed by atoms with E-state index in [0.717, 1.165) is 25.6 Å². The molecule has 6 heteroatoms. The van der Waals surface area contributed by atoms with Gasteiger partial charge in [-0.3, -0.25) is 9.69 Å². The van der Waals surface area contributed by atoms with Crippen molar-refractivity contribution in [3.8, 4) is 0 Å². The van der Waals surface area contributed by atoms with Gasteiger partial charge in [-0.1, -0.05) is 0 Å². The molecule has 1 atom stereocenters. The number of amides is 2. The number of nitrogens with zero attached hydrogens (tertiary/aromatic N) is 1. The van der Waals surface area contributed by atoms with Crippen molar-refractivity contribution in [2.45, 2.75) is 64.1 Å². The number of alkyl carbamates (subject to hydrolysis) is 1. The summed E-state index contributed by atoms with van der Waals surface area (Å²) in [5.41, 5.74) is -0.511. The van der Waals surface area contributed by atoms with Crippen LogP contribution in [0.4, 0.5) is 4.79 Å². The van der Waals surface area contributed by atoms with Gasteiger partial charge >= 0.3 is 6.09 Å². The monoisotopic (exact) mass is 297 g/mol. The first-order chi connectivity index (χ1) is 9.83. The summed E-state index contributed by atoms with van der Waals surface area (Å²) in [7, 11) is 0. The smallest absolute Gasteiger partial charge is 0.407 e. The van der Waals surface area contributed by atoms with Gasteiger partial charge in [0.15, 0.2) is 0 Å². The van der Waals surface area contributed by atoms with Crippen molar-refractivity contribution >= 4 is 12.0 Å². The molecule has 1 saturated carbocycles. The van der Waals surface area contributed by atoms with Gasteiger partial charge in [0.25, 0.3) is 0 Å². The number of rotatable bonds is 5. The first-order valence-electron chi connectivity index (χ1n) is 7.84. The van der Waals surface area contributed by atoms with E-state index in [1.54, 1.807) is 0 Å². The molecule has 1 unspecified atom stereocenters. The molecule has 0 bridgehead atoms. The number of nitrogens with one attached hydrogen (secondary N) is 2. The lowest BCUT2D eigenvalue weighted by Crippen LogP contribution is -2.39. The number of likely N-dealkylation sites (tertiary alicyclic amines) is 1. The number of hydrogen-bond donors (Lipinski definition) is 2. The van der Waals surface area contributed by atoms with E-state index in [2.05, 4.69) is 15.5 Å². The molecule has 2 rings (SSSR count). The fourth-order valence-corrected chi connectivity index (χ4v) is 2.57. The first kappa shape index (κ1) is 16.1. The van der Waals surface area contributed by atoms with E-state index in [-0.39, 0.29) is 11.9 Å². The van der Waals surface area contributed by atoms with Crippen LogP contribution in [0.5, 0.6) is 0 Å². The van der Waals surface area contributed by atoms with Gasteiger partial charge in [-0.15, -0.1) is 0 Å². The number of hydrogen-bond acceptors (Lipinski definition) is 4. The van der Waals surface area contributed by atoms with Crippen molar-refractivity contribution in [2.75, 3.05) is 19.6 Å². The van der Waals surface area contributed by atoms with Gasteiger partial charge < -0.3 is 15.4 Å². The maximum absolute atomic E-state index is 11.8.